The van der Waals surface area contributed by atoms with Gasteiger partial charge in [0.25, 0.3) is 0 Å². The van der Waals surface area contributed by atoms with Crippen LogP contribution in [0.25, 0.3) is 20.8 Å². The molecular weight excluding hydrogens is 440 g/mol. The second-order valence-corrected chi connectivity index (χ2v) is 9.22. The van der Waals surface area contributed by atoms with Crippen LogP contribution in [0.4, 0.5) is 17.5 Å². The Labute approximate surface area is 194 Å². The maximum absolute atomic E-state index is 11.2. The number of aliphatic hydroxyl groups excluding tert-OH is 2. The van der Waals surface area contributed by atoms with Crippen LogP contribution in [0.2, 0.25) is 0 Å². The summed E-state index contributed by atoms with van der Waals surface area (Å²) >= 11 is 1.48. The Morgan fingerprint density at radius 2 is 1.97 bits per heavy atom. The van der Waals surface area contributed by atoms with Gasteiger partial charge in [-0.25, -0.2) is 9.97 Å². The highest BCUT2D eigenvalue weighted by atomic mass is 32.1. The Morgan fingerprint density at radius 3 is 2.70 bits per heavy atom. The van der Waals surface area contributed by atoms with Crippen molar-refractivity contribution in [3.05, 3.63) is 54.5 Å². The highest BCUT2D eigenvalue weighted by Gasteiger charge is 2.47. The number of aromatic nitrogens is 4. The molecule has 1 aromatic carbocycles. The topological polar surface area (TPSA) is 136 Å². The first-order chi connectivity index (χ1) is 16.0. The third kappa shape index (κ3) is 4.13. The first kappa shape index (κ1) is 21.7. The van der Waals surface area contributed by atoms with Crippen LogP contribution in [-0.2, 0) is 0 Å². The Hall–Kier alpha value is -3.18. The quantitative estimate of drug-likeness (QED) is 0.273. The monoisotopic (exact) mass is 464 g/mol. The van der Waals surface area contributed by atoms with Gasteiger partial charge in [-0.05, 0) is 38.0 Å². The highest BCUT2D eigenvalue weighted by molar-refractivity contribution is 7.21. The lowest BCUT2D eigenvalue weighted by molar-refractivity contribution is -0.0545. The normalized spacial score (nSPS) is 22.5. The molecule has 3 atom stereocenters. The van der Waals surface area contributed by atoms with Gasteiger partial charge in [0.2, 0.25) is 5.95 Å². The van der Waals surface area contributed by atoms with Gasteiger partial charge in [-0.1, -0.05) is 18.2 Å². The lowest BCUT2D eigenvalue weighted by atomic mass is 10.0. The molecule has 1 aliphatic carbocycles. The van der Waals surface area contributed by atoms with E-state index < -0.39 is 17.7 Å². The van der Waals surface area contributed by atoms with Gasteiger partial charge in [0.15, 0.2) is 5.72 Å². The highest BCUT2D eigenvalue weighted by Crippen LogP contribution is 2.40. The summed E-state index contributed by atoms with van der Waals surface area (Å²) in [4.78, 5) is 18.1. The molecule has 33 heavy (non-hydrogen) atoms. The van der Waals surface area contributed by atoms with Gasteiger partial charge in [0.05, 0.1) is 22.2 Å². The summed E-state index contributed by atoms with van der Waals surface area (Å²) < 4.78 is 0.969. The standard InChI is InChI=1S/C23H24N6O3S/c1-13-18(21-27-16-11-24-10-8-17(16)33-21)20(29-23(32)9-7-14(12-30)19(23)31)28-22(25-13)26-15-5-3-2-4-6-15/h2-6,8,10-11,14,19,30-32H,7,9,12H2,1H3,(H2,25,26,28,29). The number of nitrogens with zero attached hydrogens (tertiary/aromatic N) is 4. The minimum atomic E-state index is -1.63. The molecule has 4 aromatic rings. The molecule has 3 heterocycles. The molecule has 1 aliphatic rings. The third-order valence-electron chi connectivity index (χ3n) is 5.93. The zero-order chi connectivity index (χ0) is 23.0. The van der Waals surface area contributed by atoms with Crippen molar-refractivity contribution in [1.82, 2.24) is 19.9 Å². The van der Waals surface area contributed by atoms with Gasteiger partial charge >= 0.3 is 0 Å². The summed E-state index contributed by atoms with van der Waals surface area (Å²) in [7, 11) is 0. The van der Waals surface area contributed by atoms with E-state index in [9.17, 15) is 15.3 Å². The first-order valence-corrected chi connectivity index (χ1v) is 11.5. The Balaban J connectivity index is 1.60. The molecule has 0 spiro atoms. The van der Waals surface area contributed by atoms with Gasteiger partial charge in [-0.2, -0.15) is 4.98 Å². The van der Waals surface area contributed by atoms with Gasteiger partial charge in [0, 0.05) is 24.4 Å². The molecule has 1 fully saturated rings. The second-order valence-electron chi connectivity index (χ2n) is 8.19. The van der Waals surface area contributed by atoms with E-state index in [-0.39, 0.29) is 13.0 Å². The molecule has 0 aliphatic heterocycles. The number of hydrogen-bond donors (Lipinski definition) is 5. The molecule has 0 radical (unpaired) electrons. The van der Waals surface area contributed by atoms with Crippen molar-refractivity contribution in [2.45, 2.75) is 31.6 Å². The zero-order valence-corrected chi connectivity index (χ0v) is 18.8. The SMILES string of the molecule is Cc1nc(Nc2ccccc2)nc(NC2(O)CCC(CO)C2O)c1-c1nc2cnccc2s1. The Morgan fingerprint density at radius 1 is 1.15 bits per heavy atom. The van der Waals surface area contributed by atoms with Gasteiger partial charge < -0.3 is 26.0 Å². The molecule has 0 saturated heterocycles. The molecule has 9 nitrogen and oxygen atoms in total. The lowest BCUT2D eigenvalue weighted by Crippen LogP contribution is -2.48. The van der Waals surface area contributed by atoms with Crippen molar-refractivity contribution < 1.29 is 15.3 Å². The molecule has 170 valence electrons. The minimum Gasteiger partial charge on any atom is -0.396 e. The van der Waals surface area contributed by atoms with Crippen LogP contribution in [0, 0.1) is 12.8 Å². The van der Waals surface area contributed by atoms with Gasteiger partial charge in [0.1, 0.15) is 22.4 Å². The largest absolute Gasteiger partial charge is 0.396 e. The van der Waals surface area contributed by atoms with Crippen molar-refractivity contribution in [2.24, 2.45) is 5.92 Å². The number of aryl methyl sites for hydroxylation is 1. The lowest BCUT2D eigenvalue weighted by Gasteiger charge is -2.31. The fourth-order valence-corrected chi connectivity index (χ4v) is 5.18. The van der Waals surface area contributed by atoms with Crippen LogP contribution in [0.3, 0.4) is 0 Å². The number of para-hydroxylation sites is 1. The summed E-state index contributed by atoms with van der Waals surface area (Å²) in [5, 5.41) is 38.4. The number of thiazole rings is 1. The number of rotatable bonds is 6. The maximum atomic E-state index is 11.2. The van der Waals surface area contributed by atoms with Crippen molar-refractivity contribution in [2.75, 3.05) is 17.2 Å². The molecule has 3 unspecified atom stereocenters. The van der Waals surface area contributed by atoms with E-state index in [4.69, 9.17) is 4.98 Å². The van der Waals surface area contributed by atoms with Crippen LogP contribution >= 0.6 is 11.3 Å². The molecule has 0 amide bonds. The van der Waals surface area contributed by atoms with E-state index in [0.717, 1.165) is 15.9 Å². The van der Waals surface area contributed by atoms with Gasteiger partial charge in [-0.3, -0.25) is 4.98 Å². The first-order valence-electron chi connectivity index (χ1n) is 10.7. The molecule has 10 heteroatoms. The molecule has 5 N–H and O–H groups in total. The number of benzene rings is 1. The minimum absolute atomic E-state index is 0.202. The Kier molecular flexibility index (Phi) is 5.67. The third-order valence-corrected chi connectivity index (χ3v) is 6.98. The van der Waals surface area contributed by atoms with Crippen LogP contribution < -0.4 is 10.6 Å². The molecule has 1 saturated carbocycles. The van der Waals surface area contributed by atoms with Crippen molar-refractivity contribution in [1.29, 1.82) is 0 Å². The number of aliphatic hydroxyl groups is 3. The second kappa shape index (κ2) is 8.64. The van der Waals surface area contributed by atoms with Crippen molar-refractivity contribution >= 4 is 39.0 Å². The van der Waals surface area contributed by atoms with E-state index in [1.807, 2.05) is 43.3 Å². The summed E-state index contributed by atoms with van der Waals surface area (Å²) in [6, 6.07) is 11.4. The fourth-order valence-electron chi connectivity index (χ4n) is 4.15. The predicted octanol–water partition coefficient (Wildman–Crippen LogP) is 3.06. The average Bonchev–Trinajstić information content (AvgIpc) is 3.35. The average molecular weight is 465 g/mol. The van der Waals surface area contributed by atoms with E-state index in [1.54, 1.807) is 12.4 Å². The van der Waals surface area contributed by atoms with Crippen molar-refractivity contribution in [3.63, 3.8) is 0 Å². The maximum Gasteiger partial charge on any atom is 0.229 e. The summed E-state index contributed by atoms with van der Waals surface area (Å²) in [5.74, 6) is 0.292. The van der Waals surface area contributed by atoms with E-state index in [0.29, 0.717) is 34.5 Å². The molecule has 0 bridgehead atoms. The van der Waals surface area contributed by atoms with Gasteiger partial charge in [-0.15, -0.1) is 11.3 Å². The Bertz CT molecular complexity index is 1250. The van der Waals surface area contributed by atoms with Crippen LogP contribution in [0.1, 0.15) is 18.5 Å². The molecule has 3 aromatic heterocycles. The smallest absolute Gasteiger partial charge is 0.229 e. The summed E-state index contributed by atoms with van der Waals surface area (Å²) in [6.45, 7) is 1.65. The van der Waals surface area contributed by atoms with Crippen molar-refractivity contribution in [3.8, 4) is 10.6 Å². The summed E-state index contributed by atoms with van der Waals surface area (Å²) in [5.41, 5.74) is 1.25. The number of nitrogens with one attached hydrogen (secondary N) is 2. The zero-order valence-electron chi connectivity index (χ0n) is 17.9. The van der Waals surface area contributed by atoms with E-state index in [2.05, 4.69) is 25.6 Å². The number of pyridine rings is 1. The number of anilines is 3. The number of hydrogen-bond acceptors (Lipinski definition) is 10. The van der Waals surface area contributed by atoms with Crippen LogP contribution in [-0.4, -0.2) is 53.7 Å². The molecular formula is C23H24N6O3S. The summed E-state index contributed by atoms with van der Waals surface area (Å²) in [6.07, 6.45) is 3.03. The van der Waals surface area contributed by atoms with E-state index >= 15 is 0 Å². The van der Waals surface area contributed by atoms with Crippen LogP contribution in [0.15, 0.2) is 48.8 Å². The molecule has 5 rings (SSSR count). The number of fused-ring (bicyclic) bond motifs is 1. The van der Waals surface area contributed by atoms with Crippen LogP contribution in [0.5, 0.6) is 0 Å². The predicted molar refractivity (Wildman–Crippen MR) is 127 cm³/mol. The van der Waals surface area contributed by atoms with E-state index in [1.165, 1.54) is 11.3 Å². The fraction of sp³-hybridized carbons (Fsp3) is 0.304.